The maximum absolute atomic E-state index is 13.6. The molecule has 37 heavy (non-hydrogen) atoms. The van der Waals surface area contributed by atoms with Crippen molar-refractivity contribution in [3.05, 3.63) is 63.5 Å². The lowest BCUT2D eigenvalue weighted by Crippen LogP contribution is -2.38. The highest BCUT2D eigenvalue weighted by molar-refractivity contribution is 7.52. The summed E-state index contributed by atoms with van der Waals surface area (Å²) in [6.07, 6.45) is -3.05. The first-order chi connectivity index (χ1) is 17.5. The van der Waals surface area contributed by atoms with Gasteiger partial charge in [-0.2, -0.15) is 10.1 Å². The van der Waals surface area contributed by atoms with Gasteiger partial charge in [0, 0.05) is 11.1 Å². The molecule has 6 atom stereocenters. The molecule has 0 amide bonds. The van der Waals surface area contributed by atoms with E-state index in [2.05, 4.69) is 20.1 Å². The Balaban J connectivity index is 1.81. The van der Waals surface area contributed by atoms with Crippen molar-refractivity contribution in [2.24, 2.45) is 5.11 Å². The first-order valence-electron chi connectivity index (χ1n) is 11.2. The molecular weight excluding hydrogens is 509 g/mol. The minimum Gasteiger partial charge on any atom is -0.462 e. The fraction of sp³-hybridized carbons (Fsp3) is 0.476. The average Bonchev–Trinajstić information content (AvgIpc) is 3.13. The van der Waals surface area contributed by atoms with Gasteiger partial charge in [0.25, 0.3) is 0 Å². The smallest absolute Gasteiger partial charge is 0.459 e. The van der Waals surface area contributed by atoms with E-state index in [1.165, 1.54) is 31.3 Å². The molecule has 1 aliphatic rings. The van der Waals surface area contributed by atoms with E-state index >= 15 is 0 Å². The number of nitrogens with zero attached hydrogens (tertiary/aromatic N) is 5. The average molecular weight is 537 g/mol. The van der Waals surface area contributed by atoms with Crippen LogP contribution in [-0.4, -0.2) is 57.6 Å². The van der Waals surface area contributed by atoms with Crippen molar-refractivity contribution in [2.45, 2.75) is 57.4 Å². The van der Waals surface area contributed by atoms with Crippen LogP contribution < -0.4 is 21.0 Å². The first-order valence-corrected chi connectivity index (χ1v) is 12.8. The Bertz CT molecular complexity index is 1240. The second kappa shape index (κ2) is 12.2. The van der Waals surface area contributed by atoms with E-state index < -0.39 is 62.6 Å². The second-order valence-electron chi connectivity index (χ2n) is 8.33. The summed E-state index contributed by atoms with van der Waals surface area (Å²) in [5.41, 5.74) is 13.7. The zero-order valence-corrected chi connectivity index (χ0v) is 21.2. The van der Waals surface area contributed by atoms with Crippen molar-refractivity contribution in [2.75, 3.05) is 12.3 Å². The highest BCUT2D eigenvalue weighted by atomic mass is 31.2. The number of esters is 1. The number of ether oxygens (including phenoxy) is 2. The molecule has 1 aliphatic heterocycles. The van der Waals surface area contributed by atoms with Crippen LogP contribution in [0.2, 0.25) is 0 Å². The highest BCUT2D eigenvalue weighted by Gasteiger charge is 2.46. The number of para-hydroxylation sites is 1. The number of anilines is 1. The van der Waals surface area contributed by atoms with E-state index in [4.69, 9.17) is 29.8 Å². The maximum atomic E-state index is 13.6. The number of hydrogen-bond acceptors (Lipinski definition) is 11. The van der Waals surface area contributed by atoms with Crippen LogP contribution in [0.1, 0.15) is 27.0 Å². The highest BCUT2D eigenvalue weighted by Crippen LogP contribution is 2.46. The van der Waals surface area contributed by atoms with Crippen LogP contribution in [0.25, 0.3) is 10.4 Å². The number of aliphatic hydroxyl groups is 1. The number of nitrogens with one attached hydrogen (secondary N) is 1. The first kappa shape index (κ1) is 28.1. The van der Waals surface area contributed by atoms with E-state index in [0.29, 0.717) is 0 Å². The molecule has 1 aromatic heterocycles. The van der Waals surface area contributed by atoms with Crippen LogP contribution >= 0.6 is 7.75 Å². The maximum Gasteiger partial charge on any atom is 0.459 e. The van der Waals surface area contributed by atoms with Crippen LogP contribution in [0.4, 0.5) is 5.82 Å². The number of carbonyl (C=O) groups is 1. The zero-order chi connectivity index (χ0) is 27.2. The molecule has 0 radical (unpaired) electrons. The molecule has 200 valence electrons. The van der Waals surface area contributed by atoms with E-state index in [9.17, 15) is 19.3 Å². The Kier molecular flexibility index (Phi) is 9.27. The molecule has 3 rings (SSSR count). The summed E-state index contributed by atoms with van der Waals surface area (Å²) in [7, 11) is -4.26. The van der Waals surface area contributed by atoms with Crippen molar-refractivity contribution in [1.82, 2.24) is 14.6 Å². The molecule has 4 N–H and O–H groups in total. The number of aromatic nitrogens is 2. The van der Waals surface area contributed by atoms with Gasteiger partial charge in [0.05, 0.1) is 18.8 Å². The van der Waals surface area contributed by atoms with Gasteiger partial charge in [0.1, 0.15) is 36.0 Å². The summed E-state index contributed by atoms with van der Waals surface area (Å²) in [6, 6.07) is 7.08. The van der Waals surface area contributed by atoms with Crippen molar-refractivity contribution in [3.8, 4) is 5.75 Å². The number of rotatable bonds is 11. The molecule has 16 heteroatoms. The van der Waals surface area contributed by atoms with Crippen LogP contribution in [-0.2, 0) is 23.4 Å². The number of hydrogen-bond donors (Lipinski definition) is 3. The third-order valence-corrected chi connectivity index (χ3v) is 6.73. The molecule has 0 spiro atoms. The van der Waals surface area contributed by atoms with Crippen LogP contribution in [0.3, 0.4) is 0 Å². The zero-order valence-electron chi connectivity index (χ0n) is 20.3. The van der Waals surface area contributed by atoms with Gasteiger partial charge in [-0.1, -0.05) is 23.3 Å². The summed E-state index contributed by atoms with van der Waals surface area (Å²) in [5, 5.41) is 16.8. The van der Waals surface area contributed by atoms with E-state index in [-0.39, 0.29) is 11.6 Å². The van der Waals surface area contributed by atoms with Gasteiger partial charge < -0.3 is 24.8 Å². The van der Waals surface area contributed by atoms with Crippen molar-refractivity contribution in [3.63, 3.8) is 0 Å². The van der Waals surface area contributed by atoms with Gasteiger partial charge in [0.15, 0.2) is 0 Å². The van der Waals surface area contributed by atoms with Crippen LogP contribution in [0, 0.1) is 0 Å². The largest absolute Gasteiger partial charge is 0.462 e. The summed E-state index contributed by atoms with van der Waals surface area (Å²) >= 11 is 0. The van der Waals surface area contributed by atoms with Gasteiger partial charge in [-0.05, 0) is 44.5 Å². The van der Waals surface area contributed by atoms with Gasteiger partial charge in [-0.15, -0.1) is 0 Å². The summed E-state index contributed by atoms with van der Waals surface area (Å²) < 4.78 is 36.6. The molecule has 2 aromatic rings. The SMILES string of the molecule is CC(C)OC(=O)[C@H](C)NP(=O)(OC[C@H]1O[C@@H](n2ccc(N)nc2=O)C(N=[N+]=[N-])[C@@H]1O)Oc1ccccc1. The van der Waals surface area contributed by atoms with Gasteiger partial charge in [-0.25, -0.2) is 9.36 Å². The summed E-state index contributed by atoms with van der Waals surface area (Å²) in [5.74, 6) is -0.540. The lowest BCUT2D eigenvalue weighted by atomic mass is 10.1. The Morgan fingerprint density at radius 3 is 2.68 bits per heavy atom. The molecule has 2 heterocycles. The molecule has 1 aromatic carbocycles. The molecule has 1 fully saturated rings. The number of nitrogen functional groups attached to an aromatic ring is 1. The number of carbonyl (C=O) groups excluding carboxylic acids is 1. The standard InChI is InChI=1S/C21H28N7O8P/c1-12(2)34-20(30)13(3)26-37(32,36-14-7-5-4-6-8-14)33-11-15-18(29)17(25-27-23)19(35-15)28-10-9-16(22)24-21(28)31/h4-10,12-13,15,17-19,29H,11H2,1-3H3,(H,26,32)(H2,22,24,31)/t13-,15+,17?,18+,19+,37?/m0/s1. The Morgan fingerprint density at radius 1 is 1.35 bits per heavy atom. The molecule has 1 saturated heterocycles. The molecule has 0 aliphatic carbocycles. The number of azide groups is 1. The molecule has 0 bridgehead atoms. The topological polar surface area (TPSA) is 213 Å². The Labute approximate surface area is 211 Å². The Hall–Kier alpha value is -3.45. The lowest BCUT2D eigenvalue weighted by Gasteiger charge is -2.25. The van der Waals surface area contributed by atoms with Gasteiger partial charge >= 0.3 is 19.4 Å². The summed E-state index contributed by atoms with van der Waals surface area (Å²) in [6.45, 7) is 4.22. The normalized spacial score (nSPS) is 23.6. The third-order valence-electron chi connectivity index (χ3n) is 5.08. The van der Waals surface area contributed by atoms with Crippen LogP contribution in [0.15, 0.2) is 52.5 Å². The molecule has 0 saturated carbocycles. The minimum absolute atomic E-state index is 0.0322. The molecule has 15 nitrogen and oxygen atoms in total. The quantitative estimate of drug-likeness (QED) is 0.124. The number of benzene rings is 1. The second-order valence-corrected chi connectivity index (χ2v) is 10.0. The monoisotopic (exact) mass is 537 g/mol. The van der Waals surface area contributed by atoms with Crippen molar-refractivity contribution < 1.29 is 33.0 Å². The number of aliphatic hydroxyl groups excluding tert-OH is 1. The van der Waals surface area contributed by atoms with Crippen molar-refractivity contribution >= 4 is 19.5 Å². The number of nitrogens with two attached hydrogens (primary N) is 1. The van der Waals surface area contributed by atoms with E-state index in [0.717, 1.165) is 4.57 Å². The predicted octanol–water partition coefficient (Wildman–Crippen LogP) is 1.90. The van der Waals surface area contributed by atoms with Gasteiger partial charge in [-0.3, -0.25) is 13.9 Å². The van der Waals surface area contributed by atoms with Crippen molar-refractivity contribution in [1.29, 1.82) is 0 Å². The van der Waals surface area contributed by atoms with Crippen LogP contribution in [0.5, 0.6) is 5.75 Å². The fourth-order valence-corrected chi connectivity index (χ4v) is 4.91. The predicted molar refractivity (Wildman–Crippen MR) is 130 cm³/mol. The van der Waals surface area contributed by atoms with E-state index in [1.54, 1.807) is 32.0 Å². The minimum atomic E-state index is -4.26. The van der Waals surface area contributed by atoms with E-state index in [1.807, 2.05) is 0 Å². The molecule has 2 unspecified atom stereocenters. The van der Waals surface area contributed by atoms with Gasteiger partial charge in [0.2, 0.25) is 0 Å². The summed E-state index contributed by atoms with van der Waals surface area (Å²) in [4.78, 5) is 30.9. The Morgan fingerprint density at radius 2 is 2.05 bits per heavy atom. The molecular formula is C21H28N7O8P. The fourth-order valence-electron chi connectivity index (χ4n) is 3.41. The third kappa shape index (κ3) is 7.29. The lowest BCUT2D eigenvalue weighted by molar-refractivity contribution is -0.149.